The molecular formula is C14H18FNO3. The van der Waals surface area contributed by atoms with Crippen LogP contribution in [0.15, 0.2) is 18.2 Å². The number of aliphatic hydroxyl groups excluding tert-OH is 1. The molecule has 19 heavy (non-hydrogen) atoms. The van der Waals surface area contributed by atoms with Gasteiger partial charge in [0.05, 0.1) is 24.4 Å². The molecule has 1 saturated heterocycles. The highest BCUT2D eigenvalue weighted by Gasteiger charge is 2.29. The average molecular weight is 267 g/mol. The summed E-state index contributed by atoms with van der Waals surface area (Å²) >= 11 is 0. The number of rotatable bonds is 2. The Morgan fingerprint density at radius 1 is 1.53 bits per heavy atom. The normalized spacial score (nSPS) is 23.5. The van der Waals surface area contributed by atoms with Crippen molar-refractivity contribution >= 4 is 5.91 Å². The molecule has 5 heteroatoms. The van der Waals surface area contributed by atoms with E-state index in [-0.39, 0.29) is 30.7 Å². The van der Waals surface area contributed by atoms with Crippen LogP contribution in [0.4, 0.5) is 4.39 Å². The summed E-state index contributed by atoms with van der Waals surface area (Å²) in [5, 5.41) is 9.14. The third-order valence-corrected chi connectivity index (χ3v) is 3.24. The summed E-state index contributed by atoms with van der Waals surface area (Å²) in [6.45, 7) is 4.00. The molecule has 1 aliphatic heterocycles. The number of morpholine rings is 1. The molecule has 0 bridgehead atoms. The van der Waals surface area contributed by atoms with Crippen molar-refractivity contribution in [1.82, 2.24) is 4.90 Å². The fourth-order valence-electron chi connectivity index (χ4n) is 2.29. The standard InChI is InChI=1S/C14H18FNO3/c1-9-4-3-5-12(13(9)15)14(18)16-6-10(2)19-11(7-16)8-17/h3-5,10-11,17H,6-8H2,1-2H3. The molecule has 1 aliphatic rings. The van der Waals surface area contributed by atoms with E-state index in [9.17, 15) is 9.18 Å². The van der Waals surface area contributed by atoms with Crippen molar-refractivity contribution in [3.05, 3.63) is 35.1 Å². The number of carbonyl (C=O) groups excluding carboxylic acids is 1. The minimum absolute atomic E-state index is 0.0748. The molecule has 4 nitrogen and oxygen atoms in total. The number of amides is 1. The minimum Gasteiger partial charge on any atom is -0.394 e. The van der Waals surface area contributed by atoms with Gasteiger partial charge in [-0.05, 0) is 25.5 Å². The van der Waals surface area contributed by atoms with Crippen molar-refractivity contribution in [2.75, 3.05) is 19.7 Å². The third kappa shape index (κ3) is 2.93. The molecule has 1 aromatic rings. The Morgan fingerprint density at radius 3 is 2.95 bits per heavy atom. The van der Waals surface area contributed by atoms with Crippen LogP contribution in [-0.2, 0) is 4.74 Å². The van der Waals surface area contributed by atoms with Crippen LogP contribution in [0.1, 0.15) is 22.8 Å². The molecule has 1 heterocycles. The molecule has 1 aromatic carbocycles. The lowest BCUT2D eigenvalue weighted by molar-refractivity contribution is -0.0859. The first kappa shape index (κ1) is 14.0. The summed E-state index contributed by atoms with van der Waals surface area (Å²) in [5.74, 6) is -0.831. The Labute approximate surface area is 111 Å². The van der Waals surface area contributed by atoms with E-state index in [1.807, 2.05) is 6.92 Å². The molecule has 1 amide bonds. The van der Waals surface area contributed by atoms with Crippen molar-refractivity contribution in [2.45, 2.75) is 26.1 Å². The number of ether oxygens (including phenoxy) is 1. The van der Waals surface area contributed by atoms with Gasteiger partial charge in [-0.25, -0.2) is 4.39 Å². The number of hydrogen-bond donors (Lipinski definition) is 1. The molecule has 104 valence electrons. The highest BCUT2D eigenvalue weighted by molar-refractivity contribution is 5.94. The van der Waals surface area contributed by atoms with Gasteiger partial charge in [-0.3, -0.25) is 4.79 Å². The van der Waals surface area contributed by atoms with Crippen molar-refractivity contribution < 1.29 is 19.0 Å². The summed E-state index contributed by atoms with van der Waals surface area (Å²) in [5.41, 5.74) is 0.525. The minimum atomic E-state index is -0.479. The first-order valence-corrected chi connectivity index (χ1v) is 6.33. The molecule has 1 N–H and O–H groups in total. The molecule has 0 aromatic heterocycles. The Bertz CT molecular complexity index is 478. The quantitative estimate of drug-likeness (QED) is 0.880. The van der Waals surface area contributed by atoms with Gasteiger partial charge in [0.15, 0.2) is 0 Å². The van der Waals surface area contributed by atoms with Gasteiger partial charge in [0.25, 0.3) is 5.91 Å². The number of aliphatic hydroxyl groups is 1. The molecule has 0 radical (unpaired) electrons. The van der Waals surface area contributed by atoms with Crippen LogP contribution >= 0.6 is 0 Å². The van der Waals surface area contributed by atoms with Gasteiger partial charge in [-0.15, -0.1) is 0 Å². The van der Waals surface area contributed by atoms with E-state index in [0.29, 0.717) is 12.1 Å². The summed E-state index contributed by atoms with van der Waals surface area (Å²) in [7, 11) is 0. The van der Waals surface area contributed by atoms with E-state index in [1.54, 1.807) is 19.1 Å². The van der Waals surface area contributed by atoms with Gasteiger partial charge in [-0.2, -0.15) is 0 Å². The van der Waals surface area contributed by atoms with E-state index in [2.05, 4.69) is 0 Å². The number of halogens is 1. The molecule has 0 saturated carbocycles. The zero-order valence-electron chi connectivity index (χ0n) is 11.1. The summed E-state index contributed by atoms with van der Waals surface area (Å²) in [6.07, 6.45) is -0.566. The largest absolute Gasteiger partial charge is 0.394 e. The van der Waals surface area contributed by atoms with E-state index in [1.165, 1.54) is 11.0 Å². The summed E-state index contributed by atoms with van der Waals surface area (Å²) in [6, 6.07) is 4.78. The Hall–Kier alpha value is -1.46. The fourth-order valence-corrected chi connectivity index (χ4v) is 2.29. The highest BCUT2D eigenvalue weighted by atomic mass is 19.1. The lowest BCUT2D eigenvalue weighted by atomic mass is 10.1. The lowest BCUT2D eigenvalue weighted by Crippen LogP contribution is -2.50. The SMILES string of the molecule is Cc1cccc(C(=O)N2CC(C)OC(CO)C2)c1F. The summed E-state index contributed by atoms with van der Waals surface area (Å²) < 4.78 is 19.4. The number of aryl methyl sites for hydroxylation is 1. The smallest absolute Gasteiger partial charge is 0.257 e. The first-order valence-electron chi connectivity index (χ1n) is 6.33. The maximum Gasteiger partial charge on any atom is 0.257 e. The predicted molar refractivity (Wildman–Crippen MR) is 68.5 cm³/mol. The number of hydrogen-bond acceptors (Lipinski definition) is 3. The molecule has 0 spiro atoms. The zero-order valence-corrected chi connectivity index (χ0v) is 11.1. The van der Waals surface area contributed by atoms with Crippen LogP contribution in [0.2, 0.25) is 0 Å². The van der Waals surface area contributed by atoms with Crippen molar-refractivity contribution in [3.63, 3.8) is 0 Å². The number of carbonyl (C=O) groups is 1. The molecule has 2 rings (SSSR count). The number of benzene rings is 1. The van der Waals surface area contributed by atoms with Gasteiger partial charge >= 0.3 is 0 Å². The van der Waals surface area contributed by atoms with E-state index < -0.39 is 11.9 Å². The molecular weight excluding hydrogens is 249 g/mol. The Kier molecular flexibility index (Phi) is 4.17. The highest BCUT2D eigenvalue weighted by Crippen LogP contribution is 2.18. The fraction of sp³-hybridized carbons (Fsp3) is 0.500. The Morgan fingerprint density at radius 2 is 2.26 bits per heavy atom. The van der Waals surface area contributed by atoms with E-state index in [4.69, 9.17) is 9.84 Å². The van der Waals surface area contributed by atoms with Crippen molar-refractivity contribution in [3.8, 4) is 0 Å². The first-order chi connectivity index (χ1) is 9.02. The van der Waals surface area contributed by atoms with Crippen LogP contribution in [-0.4, -0.2) is 47.8 Å². The maximum absolute atomic E-state index is 14.0. The predicted octanol–water partition coefficient (Wildman–Crippen LogP) is 1.36. The summed E-state index contributed by atoms with van der Waals surface area (Å²) in [4.78, 5) is 13.9. The molecule has 1 fully saturated rings. The number of nitrogens with zero attached hydrogens (tertiary/aromatic N) is 1. The van der Waals surface area contributed by atoms with Gasteiger partial charge in [0, 0.05) is 13.1 Å². The van der Waals surface area contributed by atoms with Gasteiger partial charge in [-0.1, -0.05) is 12.1 Å². The van der Waals surface area contributed by atoms with Crippen LogP contribution < -0.4 is 0 Å². The van der Waals surface area contributed by atoms with E-state index >= 15 is 0 Å². The van der Waals surface area contributed by atoms with Crippen LogP contribution in [0.3, 0.4) is 0 Å². The second-order valence-corrected chi connectivity index (χ2v) is 4.90. The molecule has 0 aliphatic carbocycles. The van der Waals surface area contributed by atoms with Crippen LogP contribution in [0.25, 0.3) is 0 Å². The topological polar surface area (TPSA) is 49.8 Å². The van der Waals surface area contributed by atoms with E-state index in [0.717, 1.165) is 0 Å². The zero-order chi connectivity index (χ0) is 14.0. The van der Waals surface area contributed by atoms with Crippen molar-refractivity contribution in [2.24, 2.45) is 0 Å². The second-order valence-electron chi connectivity index (χ2n) is 4.90. The van der Waals surface area contributed by atoms with Gasteiger partial charge in [0.2, 0.25) is 0 Å². The second kappa shape index (κ2) is 5.67. The molecule has 2 atom stereocenters. The average Bonchev–Trinajstić information content (AvgIpc) is 2.40. The van der Waals surface area contributed by atoms with Gasteiger partial charge < -0.3 is 14.7 Å². The van der Waals surface area contributed by atoms with Crippen molar-refractivity contribution in [1.29, 1.82) is 0 Å². The van der Waals surface area contributed by atoms with Gasteiger partial charge in [0.1, 0.15) is 5.82 Å². The van der Waals surface area contributed by atoms with Crippen LogP contribution in [0, 0.1) is 12.7 Å². The Balaban J connectivity index is 2.21. The third-order valence-electron chi connectivity index (χ3n) is 3.24. The monoisotopic (exact) mass is 267 g/mol. The van der Waals surface area contributed by atoms with Crippen LogP contribution in [0.5, 0.6) is 0 Å². The molecule has 2 unspecified atom stereocenters. The lowest BCUT2D eigenvalue weighted by Gasteiger charge is -2.36. The maximum atomic E-state index is 14.0.